The summed E-state index contributed by atoms with van der Waals surface area (Å²) < 4.78 is 0. The van der Waals surface area contributed by atoms with Crippen molar-refractivity contribution in [2.45, 2.75) is 0 Å². The fourth-order valence-electron chi connectivity index (χ4n) is 2.19. The number of benzene rings is 1. The maximum absolute atomic E-state index is 11.8. The van der Waals surface area contributed by atoms with E-state index in [0.29, 0.717) is 0 Å². The predicted octanol–water partition coefficient (Wildman–Crippen LogP) is 1.35. The molecule has 8 heteroatoms. The summed E-state index contributed by atoms with van der Waals surface area (Å²) in [6.45, 7) is -0.205. The highest BCUT2D eigenvalue weighted by Gasteiger charge is 2.08. The Kier molecular flexibility index (Phi) is 5.46. The number of rotatable bonds is 6. The van der Waals surface area contributed by atoms with Crippen LogP contribution in [-0.4, -0.2) is 39.8 Å². The molecule has 0 radical (unpaired) electrons. The van der Waals surface area contributed by atoms with Gasteiger partial charge >= 0.3 is 0 Å². The van der Waals surface area contributed by atoms with Crippen molar-refractivity contribution in [3.05, 3.63) is 72.2 Å². The Morgan fingerprint density at radius 2 is 1.92 bits per heavy atom. The van der Waals surface area contributed by atoms with Gasteiger partial charge in [-0.25, -0.2) is 5.43 Å². The number of carbonyl (C=O) groups excluding carboxylic acids is 2. The molecule has 2 amide bonds. The van der Waals surface area contributed by atoms with Crippen molar-refractivity contribution >= 4 is 18.0 Å². The molecule has 1 aromatic carbocycles. The summed E-state index contributed by atoms with van der Waals surface area (Å²) in [6.07, 6.45) is 4.61. The Bertz CT molecular complexity index is 906. The summed E-state index contributed by atoms with van der Waals surface area (Å²) in [5.41, 5.74) is 5.09. The van der Waals surface area contributed by atoms with E-state index in [1.165, 1.54) is 12.4 Å². The number of carbonyl (C=O) groups is 2. The molecule has 0 aliphatic rings. The van der Waals surface area contributed by atoms with E-state index >= 15 is 0 Å². The molecule has 0 aliphatic heterocycles. The van der Waals surface area contributed by atoms with Crippen LogP contribution in [0.3, 0.4) is 0 Å². The number of H-pyrrole nitrogens is 1. The van der Waals surface area contributed by atoms with Crippen LogP contribution in [-0.2, 0) is 4.79 Å². The van der Waals surface area contributed by atoms with Gasteiger partial charge in [0.1, 0.15) is 5.69 Å². The van der Waals surface area contributed by atoms with E-state index < -0.39 is 11.8 Å². The van der Waals surface area contributed by atoms with Gasteiger partial charge in [-0.3, -0.25) is 19.7 Å². The number of aromatic amines is 1. The second-order valence-electron chi connectivity index (χ2n) is 5.26. The van der Waals surface area contributed by atoms with Crippen molar-refractivity contribution in [2.24, 2.45) is 5.10 Å². The topological polar surface area (TPSA) is 112 Å². The number of nitrogens with one attached hydrogen (secondary N) is 3. The zero-order valence-corrected chi connectivity index (χ0v) is 13.7. The predicted molar refractivity (Wildman–Crippen MR) is 96.3 cm³/mol. The molecule has 130 valence electrons. The van der Waals surface area contributed by atoms with Gasteiger partial charge in [-0.1, -0.05) is 36.4 Å². The summed E-state index contributed by atoms with van der Waals surface area (Å²) in [5.74, 6) is -0.874. The highest BCUT2D eigenvalue weighted by atomic mass is 16.2. The summed E-state index contributed by atoms with van der Waals surface area (Å²) in [7, 11) is 0. The van der Waals surface area contributed by atoms with Gasteiger partial charge < -0.3 is 5.32 Å². The van der Waals surface area contributed by atoms with Crippen molar-refractivity contribution in [1.82, 2.24) is 25.9 Å². The number of hydrazone groups is 1. The van der Waals surface area contributed by atoms with Crippen LogP contribution in [0.25, 0.3) is 11.3 Å². The second-order valence-corrected chi connectivity index (χ2v) is 5.26. The van der Waals surface area contributed by atoms with Gasteiger partial charge in [0, 0.05) is 17.3 Å². The van der Waals surface area contributed by atoms with E-state index in [-0.39, 0.29) is 12.2 Å². The molecular formula is C18H16N6O2. The van der Waals surface area contributed by atoms with E-state index in [9.17, 15) is 9.59 Å². The molecule has 2 aromatic heterocycles. The maximum Gasteiger partial charge on any atom is 0.270 e. The number of aromatic nitrogens is 3. The third-order valence-electron chi connectivity index (χ3n) is 3.43. The molecule has 3 N–H and O–H groups in total. The first-order valence-corrected chi connectivity index (χ1v) is 7.84. The number of hydrogen-bond donors (Lipinski definition) is 3. The summed E-state index contributed by atoms with van der Waals surface area (Å²) in [5, 5.41) is 13.3. The summed E-state index contributed by atoms with van der Waals surface area (Å²) in [4.78, 5) is 27.5. The van der Waals surface area contributed by atoms with Crippen molar-refractivity contribution < 1.29 is 9.59 Å². The first-order valence-electron chi connectivity index (χ1n) is 7.84. The van der Waals surface area contributed by atoms with Crippen LogP contribution in [0.4, 0.5) is 0 Å². The molecule has 0 unspecified atom stereocenters. The number of amides is 2. The van der Waals surface area contributed by atoms with E-state index in [1.54, 1.807) is 24.4 Å². The molecule has 26 heavy (non-hydrogen) atoms. The van der Waals surface area contributed by atoms with Crippen molar-refractivity contribution in [3.8, 4) is 11.3 Å². The molecule has 0 bridgehead atoms. The van der Waals surface area contributed by atoms with E-state index in [2.05, 4.69) is 31.0 Å². The van der Waals surface area contributed by atoms with Crippen molar-refractivity contribution in [1.29, 1.82) is 0 Å². The average Bonchev–Trinajstić information content (AvgIpc) is 3.16. The van der Waals surface area contributed by atoms with Gasteiger partial charge in [0.15, 0.2) is 0 Å². The van der Waals surface area contributed by atoms with Crippen LogP contribution < -0.4 is 10.7 Å². The lowest BCUT2D eigenvalue weighted by molar-refractivity contribution is -0.120. The Labute approximate surface area is 149 Å². The molecule has 8 nitrogen and oxygen atoms in total. The first kappa shape index (κ1) is 17.0. The molecule has 2 heterocycles. The van der Waals surface area contributed by atoms with E-state index in [4.69, 9.17) is 0 Å². The van der Waals surface area contributed by atoms with E-state index in [1.807, 2.05) is 30.3 Å². The molecule has 0 saturated carbocycles. The zero-order chi connectivity index (χ0) is 18.2. The molecular weight excluding hydrogens is 332 g/mol. The summed E-state index contributed by atoms with van der Waals surface area (Å²) >= 11 is 0. The average molecular weight is 348 g/mol. The van der Waals surface area contributed by atoms with Gasteiger partial charge in [-0.15, -0.1) is 0 Å². The molecule has 0 saturated heterocycles. The van der Waals surface area contributed by atoms with Crippen LogP contribution in [0.15, 0.2) is 66.0 Å². The number of hydrogen-bond acceptors (Lipinski definition) is 5. The lowest BCUT2D eigenvalue weighted by Gasteiger charge is -2.03. The highest BCUT2D eigenvalue weighted by molar-refractivity contribution is 5.95. The molecule has 0 fully saturated rings. The summed E-state index contributed by atoms with van der Waals surface area (Å²) in [6, 6.07) is 14.6. The zero-order valence-electron chi connectivity index (χ0n) is 13.7. The van der Waals surface area contributed by atoms with Gasteiger partial charge in [0.2, 0.25) is 0 Å². The Morgan fingerprint density at radius 3 is 2.69 bits per heavy atom. The second kappa shape index (κ2) is 8.34. The Balaban J connectivity index is 1.52. The Morgan fingerprint density at radius 1 is 1.12 bits per heavy atom. The van der Waals surface area contributed by atoms with Gasteiger partial charge in [-0.05, 0) is 12.1 Å². The van der Waals surface area contributed by atoms with Crippen LogP contribution in [0.5, 0.6) is 0 Å². The lowest BCUT2D eigenvalue weighted by Crippen LogP contribution is -2.35. The van der Waals surface area contributed by atoms with Crippen LogP contribution in [0.2, 0.25) is 0 Å². The van der Waals surface area contributed by atoms with Crippen LogP contribution in [0, 0.1) is 0 Å². The van der Waals surface area contributed by atoms with Gasteiger partial charge in [0.25, 0.3) is 11.8 Å². The molecule has 3 rings (SSSR count). The molecule has 3 aromatic rings. The Hall–Kier alpha value is -3.81. The minimum atomic E-state index is -0.449. The molecule has 0 aliphatic carbocycles. The first-order chi connectivity index (χ1) is 12.7. The minimum absolute atomic E-state index is 0.205. The standard InChI is InChI=1S/C18H16N6O2/c25-16(12-20-18(26)15-8-4-5-9-19-15)23-21-10-14-11-22-24-17(14)13-6-2-1-3-7-13/h1-11H,12H2,(H,20,26)(H,22,24)(H,23,25)/b21-10+. The third-order valence-corrected chi connectivity index (χ3v) is 3.43. The monoisotopic (exact) mass is 348 g/mol. The van der Waals surface area contributed by atoms with Crippen LogP contribution >= 0.6 is 0 Å². The molecule has 0 spiro atoms. The minimum Gasteiger partial charge on any atom is -0.342 e. The van der Waals surface area contributed by atoms with Crippen LogP contribution in [0.1, 0.15) is 16.1 Å². The third kappa shape index (κ3) is 4.38. The molecule has 0 atom stereocenters. The SMILES string of the molecule is O=C(CNC(=O)c1ccccn1)N/N=C/c1cn[nH]c1-c1ccccc1. The fourth-order valence-corrected chi connectivity index (χ4v) is 2.19. The van der Waals surface area contributed by atoms with Gasteiger partial charge in [0.05, 0.1) is 24.7 Å². The lowest BCUT2D eigenvalue weighted by atomic mass is 10.1. The van der Waals surface area contributed by atoms with Crippen molar-refractivity contribution in [3.63, 3.8) is 0 Å². The smallest absolute Gasteiger partial charge is 0.270 e. The fraction of sp³-hybridized carbons (Fsp3) is 0.0556. The normalized spacial score (nSPS) is 10.6. The number of nitrogens with zero attached hydrogens (tertiary/aromatic N) is 3. The van der Waals surface area contributed by atoms with Crippen molar-refractivity contribution in [2.75, 3.05) is 6.54 Å². The van der Waals surface area contributed by atoms with E-state index in [0.717, 1.165) is 16.8 Å². The largest absolute Gasteiger partial charge is 0.342 e. The quantitative estimate of drug-likeness (QED) is 0.461. The number of pyridine rings is 1. The maximum atomic E-state index is 11.8. The van der Waals surface area contributed by atoms with Gasteiger partial charge in [-0.2, -0.15) is 10.2 Å². The highest BCUT2D eigenvalue weighted by Crippen LogP contribution is 2.18.